The molecule has 2 aromatic carbocycles. The van der Waals surface area contributed by atoms with Crippen LogP contribution >= 0.6 is 11.5 Å². The molecule has 0 spiro atoms. The van der Waals surface area contributed by atoms with Crippen LogP contribution in [0.1, 0.15) is 49.2 Å². The molecule has 0 aliphatic heterocycles. The van der Waals surface area contributed by atoms with Crippen molar-refractivity contribution in [2.75, 3.05) is 16.8 Å². The predicted octanol–water partition coefficient (Wildman–Crippen LogP) is 5.38. The van der Waals surface area contributed by atoms with E-state index in [9.17, 15) is 4.79 Å². The van der Waals surface area contributed by atoms with Gasteiger partial charge in [0.05, 0.1) is 0 Å². The van der Waals surface area contributed by atoms with Gasteiger partial charge in [-0.3, -0.25) is 4.79 Å². The van der Waals surface area contributed by atoms with Gasteiger partial charge >= 0.3 is 0 Å². The van der Waals surface area contributed by atoms with Gasteiger partial charge in [0.15, 0.2) is 0 Å². The van der Waals surface area contributed by atoms with E-state index in [1.54, 1.807) is 0 Å². The number of nitrogens with zero attached hydrogens (tertiary/aromatic N) is 3. The molecular formula is C24H30N4OS. The van der Waals surface area contributed by atoms with Crippen LogP contribution in [0.3, 0.4) is 0 Å². The van der Waals surface area contributed by atoms with Crippen LogP contribution in [0.4, 0.5) is 10.8 Å². The van der Waals surface area contributed by atoms with E-state index in [0.29, 0.717) is 13.0 Å². The van der Waals surface area contributed by atoms with Crippen molar-refractivity contribution in [3.05, 3.63) is 71.0 Å². The van der Waals surface area contributed by atoms with Crippen molar-refractivity contribution in [2.24, 2.45) is 0 Å². The Morgan fingerprint density at radius 3 is 2.33 bits per heavy atom. The monoisotopic (exact) mass is 422 g/mol. The summed E-state index contributed by atoms with van der Waals surface area (Å²) < 4.78 is 4.56. The van der Waals surface area contributed by atoms with Gasteiger partial charge in [-0.15, -0.1) is 0 Å². The summed E-state index contributed by atoms with van der Waals surface area (Å²) in [6.45, 7) is 9.05. The van der Waals surface area contributed by atoms with Crippen LogP contribution in [0.2, 0.25) is 0 Å². The fourth-order valence-electron chi connectivity index (χ4n) is 3.13. The molecule has 0 fully saturated rings. The number of carbonyl (C=O) groups is 1. The second kappa shape index (κ2) is 10.3. The number of hydrogen-bond acceptors (Lipinski definition) is 5. The van der Waals surface area contributed by atoms with Crippen molar-refractivity contribution in [2.45, 2.75) is 53.0 Å². The van der Waals surface area contributed by atoms with Crippen LogP contribution in [0.25, 0.3) is 0 Å². The smallest absolute Gasteiger partial charge is 0.226 e. The van der Waals surface area contributed by atoms with Crippen LogP contribution in [0.15, 0.2) is 48.5 Å². The molecule has 0 radical (unpaired) electrons. The Morgan fingerprint density at radius 1 is 1.07 bits per heavy atom. The van der Waals surface area contributed by atoms with Gasteiger partial charge < -0.3 is 10.2 Å². The van der Waals surface area contributed by atoms with E-state index in [-0.39, 0.29) is 11.9 Å². The molecule has 1 aromatic heterocycles. The van der Waals surface area contributed by atoms with Crippen LogP contribution < -0.4 is 10.2 Å². The third kappa shape index (κ3) is 6.13. The maximum atomic E-state index is 12.4. The number of benzene rings is 2. The van der Waals surface area contributed by atoms with Crippen molar-refractivity contribution < 1.29 is 4.79 Å². The summed E-state index contributed by atoms with van der Waals surface area (Å²) in [6.07, 6.45) is 2.11. The summed E-state index contributed by atoms with van der Waals surface area (Å²) in [6, 6.07) is 16.6. The SMILES string of the molecule is CC[C@@H](C)N(CCC(=O)Nc1ccc(C)cc1)c1nc(Cc2ccc(C)cc2)ns1. The zero-order valence-electron chi connectivity index (χ0n) is 18.2. The quantitative estimate of drug-likeness (QED) is 0.503. The van der Waals surface area contributed by atoms with Gasteiger partial charge in [0, 0.05) is 42.6 Å². The first kappa shape index (κ1) is 22.0. The minimum absolute atomic E-state index is 0.0107. The van der Waals surface area contributed by atoms with Gasteiger partial charge in [0.25, 0.3) is 0 Å². The Kier molecular flexibility index (Phi) is 7.57. The highest BCUT2D eigenvalue weighted by Gasteiger charge is 2.19. The second-order valence-electron chi connectivity index (χ2n) is 7.77. The third-order valence-corrected chi connectivity index (χ3v) is 6.02. The lowest BCUT2D eigenvalue weighted by Crippen LogP contribution is -2.35. The van der Waals surface area contributed by atoms with E-state index in [2.05, 4.69) is 59.6 Å². The maximum absolute atomic E-state index is 12.4. The van der Waals surface area contributed by atoms with Gasteiger partial charge in [-0.1, -0.05) is 54.4 Å². The van der Waals surface area contributed by atoms with Crippen molar-refractivity contribution in [3.63, 3.8) is 0 Å². The van der Waals surface area contributed by atoms with E-state index in [0.717, 1.165) is 29.5 Å². The van der Waals surface area contributed by atoms with Crippen LogP contribution in [-0.4, -0.2) is 27.9 Å². The first-order valence-electron chi connectivity index (χ1n) is 10.5. The normalized spacial score (nSPS) is 11.9. The van der Waals surface area contributed by atoms with Gasteiger partial charge in [-0.25, -0.2) is 4.98 Å². The summed E-state index contributed by atoms with van der Waals surface area (Å²) >= 11 is 1.41. The predicted molar refractivity (Wildman–Crippen MR) is 125 cm³/mol. The minimum Gasteiger partial charge on any atom is -0.344 e. The highest BCUT2D eigenvalue weighted by Crippen LogP contribution is 2.23. The number of amides is 1. The Labute approximate surface area is 183 Å². The highest BCUT2D eigenvalue weighted by atomic mass is 32.1. The number of hydrogen-bond donors (Lipinski definition) is 1. The van der Waals surface area contributed by atoms with Crippen molar-refractivity contribution in [1.29, 1.82) is 0 Å². The van der Waals surface area contributed by atoms with Crippen LogP contribution in [-0.2, 0) is 11.2 Å². The molecule has 0 saturated carbocycles. The lowest BCUT2D eigenvalue weighted by Gasteiger charge is -2.27. The fraction of sp³-hybridized carbons (Fsp3) is 0.375. The third-order valence-electron chi connectivity index (χ3n) is 5.22. The molecule has 0 bridgehead atoms. The number of rotatable bonds is 9. The van der Waals surface area contributed by atoms with Crippen LogP contribution in [0, 0.1) is 13.8 Å². The van der Waals surface area contributed by atoms with Gasteiger partial charge in [-0.2, -0.15) is 4.37 Å². The molecule has 0 saturated heterocycles. The number of nitrogens with one attached hydrogen (secondary N) is 1. The van der Waals surface area contributed by atoms with Crippen molar-refractivity contribution in [1.82, 2.24) is 9.36 Å². The fourth-order valence-corrected chi connectivity index (χ4v) is 3.94. The van der Waals surface area contributed by atoms with E-state index in [1.165, 1.54) is 28.2 Å². The number of anilines is 2. The Bertz CT molecular complexity index is 950. The average molecular weight is 423 g/mol. The molecule has 6 heteroatoms. The zero-order valence-corrected chi connectivity index (χ0v) is 19.0. The second-order valence-corrected chi connectivity index (χ2v) is 8.50. The lowest BCUT2D eigenvalue weighted by atomic mass is 10.1. The largest absolute Gasteiger partial charge is 0.344 e. The first-order chi connectivity index (χ1) is 14.4. The van der Waals surface area contributed by atoms with Gasteiger partial charge in [-0.05, 0) is 44.9 Å². The van der Waals surface area contributed by atoms with Crippen molar-refractivity contribution >= 4 is 28.3 Å². The molecule has 1 amide bonds. The van der Waals surface area contributed by atoms with Crippen LogP contribution in [0.5, 0.6) is 0 Å². The topological polar surface area (TPSA) is 58.1 Å². The first-order valence-corrected chi connectivity index (χ1v) is 11.2. The average Bonchev–Trinajstić information content (AvgIpc) is 3.19. The molecule has 1 heterocycles. The Hall–Kier alpha value is -2.73. The molecule has 3 aromatic rings. The molecular weight excluding hydrogens is 392 g/mol. The van der Waals surface area contributed by atoms with Crippen molar-refractivity contribution in [3.8, 4) is 0 Å². The summed E-state index contributed by atoms with van der Waals surface area (Å²) in [5.74, 6) is 0.841. The van der Waals surface area contributed by atoms with Gasteiger partial charge in [0.2, 0.25) is 11.0 Å². The molecule has 0 aliphatic rings. The number of aryl methyl sites for hydroxylation is 2. The molecule has 158 valence electrons. The van der Waals surface area contributed by atoms with E-state index >= 15 is 0 Å². The molecule has 1 atom stereocenters. The van der Waals surface area contributed by atoms with E-state index in [4.69, 9.17) is 4.98 Å². The van der Waals surface area contributed by atoms with E-state index < -0.39 is 0 Å². The number of aromatic nitrogens is 2. The maximum Gasteiger partial charge on any atom is 0.226 e. The zero-order chi connectivity index (χ0) is 21.5. The lowest BCUT2D eigenvalue weighted by molar-refractivity contribution is -0.116. The molecule has 5 nitrogen and oxygen atoms in total. The molecule has 30 heavy (non-hydrogen) atoms. The summed E-state index contributed by atoms with van der Waals surface area (Å²) in [5, 5.41) is 3.86. The number of carbonyl (C=O) groups excluding carboxylic acids is 1. The Balaban J connectivity index is 1.62. The molecule has 0 aliphatic carbocycles. The molecule has 0 unspecified atom stereocenters. The minimum atomic E-state index is 0.0107. The van der Waals surface area contributed by atoms with E-state index in [1.807, 2.05) is 31.2 Å². The van der Waals surface area contributed by atoms with Gasteiger partial charge in [0.1, 0.15) is 5.82 Å². The summed E-state index contributed by atoms with van der Waals surface area (Å²) in [7, 11) is 0. The summed E-state index contributed by atoms with van der Waals surface area (Å²) in [4.78, 5) is 19.4. The summed E-state index contributed by atoms with van der Waals surface area (Å²) in [5.41, 5.74) is 4.46. The molecule has 3 rings (SSSR count). The highest BCUT2D eigenvalue weighted by molar-refractivity contribution is 7.09. The molecule has 1 N–H and O–H groups in total. The Morgan fingerprint density at radius 2 is 1.70 bits per heavy atom. The standard InChI is InChI=1S/C24H30N4OS/c1-5-19(4)28(15-14-23(29)25-21-12-8-18(3)9-13-21)24-26-22(27-30-24)16-20-10-6-17(2)7-11-20/h6-13,19H,5,14-16H2,1-4H3,(H,25,29)/t19-/m1/s1.